The van der Waals surface area contributed by atoms with Crippen molar-refractivity contribution in [3.63, 3.8) is 0 Å². The number of ether oxygens (including phenoxy) is 1. The first kappa shape index (κ1) is 29.4. The van der Waals surface area contributed by atoms with Gasteiger partial charge in [0.2, 0.25) is 5.91 Å². The van der Waals surface area contributed by atoms with Crippen molar-refractivity contribution in [3.8, 4) is 0 Å². The van der Waals surface area contributed by atoms with Crippen LogP contribution in [0.5, 0.6) is 0 Å². The molecular formula is C29H36FN3O4S. The van der Waals surface area contributed by atoms with Gasteiger partial charge in [-0.15, -0.1) is 0 Å². The number of nitrogens with zero attached hydrogens (tertiary/aromatic N) is 2. The number of hydrogen-bond acceptors (Lipinski definition) is 6. The minimum atomic E-state index is -0.714. The molecule has 9 heteroatoms. The van der Waals surface area contributed by atoms with Crippen molar-refractivity contribution < 1.29 is 23.5 Å². The maximum atomic E-state index is 14.6. The van der Waals surface area contributed by atoms with Gasteiger partial charge in [-0.3, -0.25) is 9.59 Å². The van der Waals surface area contributed by atoms with Crippen molar-refractivity contribution >= 4 is 39.8 Å². The summed E-state index contributed by atoms with van der Waals surface area (Å²) in [4.78, 5) is 41.2. The highest BCUT2D eigenvalue weighted by Gasteiger charge is 2.22. The van der Waals surface area contributed by atoms with E-state index in [0.29, 0.717) is 25.1 Å². The van der Waals surface area contributed by atoms with Crippen molar-refractivity contribution in [1.82, 2.24) is 14.9 Å². The summed E-state index contributed by atoms with van der Waals surface area (Å²) in [6.07, 6.45) is 2.26. The fourth-order valence-corrected chi connectivity index (χ4v) is 5.53. The number of nitrogens with one attached hydrogen (secondary N) is 1. The van der Waals surface area contributed by atoms with E-state index in [1.165, 1.54) is 26.2 Å². The van der Waals surface area contributed by atoms with E-state index in [9.17, 15) is 18.8 Å². The first-order chi connectivity index (χ1) is 18.0. The number of thioether (sulfide) groups is 1. The molecule has 1 amide bonds. The number of aromatic nitrogens is 2. The number of methoxy groups -OCH3 is 1. The van der Waals surface area contributed by atoms with Crippen LogP contribution < -0.4 is 5.32 Å². The van der Waals surface area contributed by atoms with Crippen molar-refractivity contribution in [2.24, 2.45) is 5.92 Å². The molecule has 0 fully saturated rings. The predicted octanol–water partition coefficient (Wildman–Crippen LogP) is 5.58. The van der Waals surface area contributed by atoms with Crippen LogP contribution in [0.4, 0.5) is 4.39 Å². The topological polar surface area (TPSA) is 90.3 Å². The number of hydrogen-bond donors (Lipinski definition) is 1. The van der Waals surface area contributed by atoms with Crippen LogP contribution in [0.2, 0.25) is 0 Å². The third-order valence-electron chi connectivity index (χ3n) is 6.19. The van der Waals surface area contributed by atoms with Gasteiger partial charge in [-0.2, -0.15) is 0 Å². The van der Waals surface area contributed by atoms with E-state index in [-0.39, 0.29) is 22.5 Å². The second-order valence-electron chi connectivity index (χ2n) is 9.90. The Labute approximate surface area is 227 Å². The summed E-state index contributed by atoms with van der Waals surface area (Å²) >= 11 is 1.07. The second-order valence-corrected chi connectivity index (χ2v) is 11.3. The van der Waals surface area contributed by atoms with E-state index in [1.807, 2.05) is 32.9 Å². The molecule has 0 radical (unpaired) electrons. The highest BCUT2D eigenvalue weighted by molar-refractivity contribution is 8.14. The minimum absolute atomic E-state index is 0.0773. The van der Waals surface area contributed by atoms with Gasteiger partial charge in [0.1, 0.15) is 11.6 Å². The fourth-order valence-electron chi connectivity index (χ4n) is 4.46. The minimum Gasteiger partial charge on any atom is -0.465 e. The van der Waals surface area contributed by atoms with Crippen molar-refractivity contribution in [1.29, 1.82) is 0 Å². The summed E-state index contributed by atoms with van der Waals surface area (Å²) in [5.41, 5.74) is 4.24. The summed E-state index contributed by atoms with van der Waals surface area (Å²) in [5, 5.41) is 2.49. The summed E-state index contributed by atoms with van der Waals surface area (Å²) in [5.74, 6) is -0.325. The number of rotatable bonds is 11. The Kier molecular flexibility index (Phi) is 10.1. The average molecular weight is 542 g/mol. The van der Waals surface area contributed by atoms with Gasteiger partial charge in [0.25, 0.3) is 0 Å². The molecule has 0 spiro atoms. The number of esters is 1. The number of halogens is 1. The molecule has 0 saturated heterocycles. The van der Waals surface area contributed by atoms with Gasteiger partial charge in [-0.1, -0.05) is 44.7 Å². The lowest BCUT2D eigenvalue weighted by Crippen LogP contribution is -2.33. The third kappa shape index (κ3) is 7.22. The number of benzene rings is 2. The quantitative estimate of drug-likeness (QED) is 0.319. The van der Waals surface area contributed by atoms with E-state index in [4.69, 9.17) is 4.98 Å². The number of imidazole rings is 1. The van der Waals surface area contributed by atoms with Gasteiger partial charge in [0, 0.05) is 26.4 Å². The van der Waals surface area contributed by atoms with Crippen molar-refractivity contribution in [3.05, 3.63) is 64.2 Å². The number of carbonyl (C=O) groups excluding carboxylic acids is 3. The van der Waals surface area contributed by atoms with Crippen LogP contribution in [0, 0.1) is 18.7 Å². The molecule has 0 aliphatic rings. The van der Waals surface area contributed by atoms with E-state index in [0.717, 1.165) is 52.6 Å². The van der Waals surface area contributed by atoms with Crippen LogP contribution >= 0.6 is 11.8 Å². The highest BCUT2D eigenvalue weighted by atomic mass is 32.2. The first-order valence-electron chi connectivity index (χ1n) is 12.8. The lowest BCUT2D eigenvalue weighted by Gasteiger charge is -2.17. The van der Waals surface area contributed by atoms with Crippen molar-refractivity contribution in [2.75, 3.05) is 7.11 Å². The first-order valence-corrected chi connectivity index (χ1v) is 13.7. The average Bonchev–Trinajstić information content (AvgIpc) is 3.19. The third-order valence-corrected chi connectivity index (χ3v) is 7.21. The highest BCUT2D eigenvalue weighted by Crippen LogP contribution is 2.25. The summed E-state index contributed by atoms with van der Waals surface area (Å²) in [6, 6.07) is 8.52. The van der Waals surface area contributed by atoms with Crippen LogP contribution in [-0.2, 0) is 33.8 Å². The number of fused-ring (bicyclic) bond motifs is 1. The molecule has 3 rings (SSSR count). The zero-order valence-corrected chi connectivity index (χ0v) is 23.7. The lowest BCUT2D eigenvalue weighted by atomic mass is 10.1. The van der Waals surface area contributed by atoms with Crippen LogP contribution in [0.15, 0.2) is 30.3 Å². The Bertz CT molecular complexity index is 1340. The number of amides is 1. The Balaban J connectivity index is 1.92. The van der Waals surface area contributed by atoms with Crippen LogP contribution in [0.25, 0.3) is 11.0 Å². The molecule has 1 aromatic heterocycles. The van der Waals surface area contributed by atoms with E-state index in [1.54, 1.807) is 6.07 Å². The molecule has 204 valence electrons. The lowest BCUT2D eigenvalue weighted by molar-refractivity contribution is -0.121. The van der Waals surface area contributed by atoms with E-state index >= 15 is 0 Å². The molecule has 1 N–H and O–H groups in total. The van der Waals surface area contributed by atoms with Crippen LogP contribution in [-0.4, -0.2) is 38.9 Å². The largest absolute Gasteiger partial charge is 0.465 e. The molecule has 0 saturated carbocycles. The fraction of sp³-hybridized carbons (Fsp3) is 0.448. The number of carbonyl (C=O) groups is 3. The maximum Gasteiger partial charge on any atom is 0.340 e. The maximum absolute atomic E-state index is 14.6. The Morgan fingerprint density at radius 3 is 2.50 bits per heavy atom. The molecule has 1 heterocycles. The molecule has 7 nitrogen and oxygen atoms in total. The monoisotopic (exact) mass is 541 g/mol. The molecule has 1 atom stereocenters. The summed E-state index contributed by atoms with van der Waals surface area (Å²) in [6.45, 7) is 10.3. The standard InChI is InChI=1S/C29H36FN3O4S/c1-7-8-26-32-27-18(4)12-21(15-31-28(35)25(11-17(2)3)38-19(5)34)14-24(27)33(26)16-20-9-10-22(23(30)13-20)29(36)37-6/h9-10,12-14,17,25H,7-8,11,15-16H2,1-6H3,(H,31,35). The SMILES string of the molecule is CCCc1nc2c(C)cc(CNC(=O)C(CC(C)C)SC(C)=O)cc2n1Cc1ccc(C(=O)OC)c(F)c1. The van der Waals surface area contributed by atoms with Gasteiger partial charge < -0.3 is 14.6 Å². The molecule has 0 bridgehead atoms. The van der Waals surface area contributed by atoms with Crippen LogP contribution in [0.3, 0.4) is 0 Å². The molecule has 2 aromatic carbocycles. The zero-order valence-electron chi connectivity index (χ0n) is 22.9. The van der Waals surface area contributed by atoms with Crippen LogP contribution in [0.1, 0.15) is 73.4 Å². The molecule has 38 heavy (non-hydrogen) atoms. The molecule has 3 aromatic rings. The molecule has 0 aliphatic heterocycles. The van der Waals surface area contributed by atoms with Gasteiger partial charge in [-0.25, -0.2) is 14.2 Å². The molecule has 1 unspecified atom stereocenters. The smallest absolute Gasteiger partial charge is 0.340 e. The Morgan fingerprint density at radius 1 is 1.16 bits per heavy atom. The number of aryl methyl sites for hydroxylation is 2. The predicted molar refractivity (Wildman–Crippen MR) is 149 cm³/mol. The Morgan fingerprint density at radius 2 is 1.89 bits per heavy atom. The van der Waals surface area contributed by atoms with Gasteiger partial charge in [-0.05, 0) is 60.6 Å². The van der Waals surface area contributed by atoms with Gasteiger partial charge in [0.15, 0.2) is 5.12 Å². The molecular weight excluding hydrogens is 505 g/mol. The Hall–Kier alpha value is -3.20. The molecule has 0 aliphatic carbocycles. The summed E-state index contributed by atoms with van der Waals surface area (Å²) in [7, 11) is 1.22. The van der Waals surface area contributed by atoms with Gasteiger partial charge in [0.05, 0.1) is 29.0 Å². The normalized spacial score (nSPS) is 12.1. The van der Waals surface area contributed by atoms with E-state index < -0.39 is 17.0 Å². The van der Waals surface area contributed by atoms with Gasteiger partial charge >= 0.3 is 5.97 Å². The van der Waals surface area contributed by atoms with E-state index in [2.05, 4.69) is 21.5 Å². The second kappa shape index (κ2) is 13.0. The summed E-state index contributed by atoms with van der Waals surface area (Å²) < 4.78 is 21.3. The van der Waals surface area contributed by atoms with Crippen molar-refractivity contribution in [2.45, 2.75) is 72.2 Å². The zero-order chi connectivity index (χ0) is 28.0.